The fourth-order valence-electron chi connectivity index (χ4n) is 4.64. The van der Waals surface area contributed by atoms with E-state index in [2.05, 4.69) is 93.9 Å². The number of hydrogen-bond acceptors (Lipinski definition) is 2. The summed E-state index contributed by atoms with van der Waals surface area (Å²) >= 11 is 2.07. The molecule has 2 aromatic rings. The average molecular weight is 352 g/mol. The summed E-state index contributed by atoms with van der Waals surface area (Å²) in [6.45, 7) is 9.58. The van der Waals surface area contributed by atoms with E-state index in [0.29, 0.717) is 6.04 Å². The van der Waals surface area contributed by atoms with E-state index in [9.17, 15) is 0 Å². The van der Waals surface area contributed by atoms with Gasteiger partial charge in [0.25, 0.3) is 0 Å². The lowest BCUT2D eigenvalue weighted by atomic mass is 9.72. The first-order chi connectivity index (χ1) is 11.8. The Kier molecular flexibility index (Phi) is 3.95. The van der Waals surface area contributed by atoms with Gasteiger partial charge in [-0.15, -0.1) is 0 Å². The molecule has 1 unspecified atom stereocenters. The van der Waals surface area contributed by atoms with Crippen LogP contribution in [-0.4, -0.2) is 12.8 Å². The minimum absolute atomic E-state index is 0.203. The van der Waals surface area contributed by atoms with E-state index in [1.165, 1.54) is 28.1 Å². The maximum atomic E-state index is 2.51. The van der Waals surface area contributed by atoms with Crippen molar-refractivity contribution in [2.24, 2.45) is 0 Å². The van der Waals surface area contributed by atoms with Gasteiger partial charge in [0.1, 0.15) is 0 Å². The summed E-state index contributed by atoms with van der Waals surface area (Å²) in [7, 11) is 2.26. The summed E-state index contributed by atoms with van der Waals surface area (Å²) in [5.41, 5.74) is 7.91. The summed E-state index contributed by atoms with van der Waals surface area (Å²) in [6.07, 6.45) is 1.16. The van der Waals surface area contributed by atoms with Crippen LogP contribution in [0.3, 0.4) is 0 Å². The van der Waals surface area contributed by atoms with Gasteiger partial charge in [0, 0.05) is 24.2 Å². The number of fused-ring (bicyclic) bond motifs is 2. The van der Waals surface area contributed by atoms with Crippen LogP contribution >= 0.6 is 11.8 Å². The van der Waals surface area contributed by atoms with Crippen LogP contribution in [0.4, 0.5) is 5.69 Å². The van der Waals surface area contributed by atoms with Crippen LogP contribution in [0, 0.1) is 0 Å². The number of anilines is 1. The first-order valence-electron chi connectivity index (χ1n) is 9.33. The Hall–Kier alpha value is -1.41. The zero-order valence-electron chi connectivity index (χ0n) is 16.1. The lowest BCUT2D eigenvalue weighted by molar-refractivity contribution is 0.396. The lowest BCUT2D eigenvalue weighted by Crippen LogP contribution is -2.38. The predicted octanol–water partition coefficient (Wildman–Crippen LogP) is 6.07. The van der Waals surface area contributed by atoms with Crippen molar-refractivity contribution in [2.75, 3.05) is 17.7 Å². The number of rotatable bonds is 1. The SMILES string of the molecule is CN1c2ccccc2C(C)(C)CC1c1ccc2c(c1)C(C)(C)CSC2. The molecular weight excluding hydrogens is 322 g/mol. The first-order valence-corrected chi connectivity index (χ1v) is 10.5. The molecule has 0 spiro atoms. The summed E-state index contributed by atoms with van der Waals surface area (Å²) < 4.78 is 0. The number of thioether (sulfide) groups is 1. The Balaban J connectivity index is 1.79. The molecule has 0 radical (unpaired) electrons. The molecule has 0 saturated carbocycles. The van der Waals surface area contributed by atoms with Crippen LogP contribution in [0.2, 0.25) is 0 Å². The monoisotopic (exact) mass is 351 g/mol. The molecule has 132 valence electrons. The molecule has 2 aliphatic rings. The Labute approximate surface area is 156 Å². The number of para-hydroxylation sites is 1. The van der Waals surface area contributed by atoms with Gasteiger partial charge in [-0.2, -0.15) is 11.8 Å². The average Bonchev–Trinajstić information content (AvgIpc) is 2.58. The molecule has 2 heteroatoms. The topological polar surface area (TPSA) is 3.24 Å². The third-order valence-corrected chi connectivity index (χ3v) is 7.59. The molecule has 0 saturated heterocycles. The summed E-state index contributed by atoms with van der Waals surface area (Å²) in [6, 6.07) is 16.7. The predicted molar refractivity (Wildman–Crippen MR) is 111 cm³/mol. The molecule has 0 fully saturated rings. The zero-order chi connectivity index (χ0) is 17.8. The van der Waals surface area contributed by atoms with Gasteiger partial charge in [-0.25, -0.2) is 0 Å². The lowest BCUT2D eigenvalue weighted by Gasteiger charge is -2.45. The highest BCUT2D eigenvalue weighted by Crippen LogP contribution is 2.48. The van der Waals surface area contributed by atoms with Gasteiger partial charge >= 0.3 is 0 Å². The van der Waals surface area contributed by atoms with Crippen LogP contribution in [0.15, 0.2) is 42.5 Å². The van der Waals surface area contributed by atoms with Gasteiger partial charge in [0.2, 0.25) is 0 Å². The third-order valence-electron chi connectivity index (χ3n) is 6.15. The van der Waals surface area contributed by atoms with Crippen LogP contribution in [0.25, 0.3) is 0 Å². The van der Waals surface area contributed by atoms with Gasteiger partial charge in [-0.05, 0) is 45.6 Å². The fourth-order valence-corrected chi connectivity index (χ4v) is 5.88. The normalized spacial score (nSPS) is 23.7. The summed E-state index contributed by atoms with van der Waals surface area (Å²) in [5, 5.41) is 0. The molecule has 1 nitrogen and oxygen atoms in total. The van der Waals surface area contributed by atoms with E-state index in [0.717, 1.165) is 12.2 Å². The van der Waals surface area contributed by atoms with Crippen molar-refractivity contribution in [3.8, 4) is 0 Å². The number of hydrogen-bond donors (Lipinski definition) is 0. The van der Waals surface area contributed by atoms with Gasteiger partial charge in [0.15, 0.2) is 0 Å². The molecule has 2 aromatic carbocycles. The Morgan fingerprint density at radius 3 is 2.52 bits per heavy atom. The standard InChI is InChI=1S/C23H29NS/c1-22(2)13-21(24(5)20-9-7-6-8-18(20)22)16-10-11-17-14-25-15-23(3,4)19(17)12-16/h6-12,21H,13-15H2,1-5H3. The van der Waals surface area contributed by atoms with Crippen molar-refractivity contribution in [1.29, 1.82) is 0 Å². The Morgan fingerprint density at radius 1 is 0.960 bits per heavy atom. The zero-order valence-corrected chi connectivity index (χ0v) is 16.9. The smallest absolute Gasteiger partial charge is 0.0547 e. The van der Waals surface area contributed by atoms with Crippen molar-refractivity contribution in [3.63, 3.8) is 0 Å². The van der Waals surface area contributed by atoms with E-state index in [4.69, 9.17) is 0 Å². The number of benzene rings is 2. The van der Waals surface area contributed by atoms with E-state index < -0.39 is 0 Å². The van der Waals surface area contributed by atoms with E-state index >= 15 is 0 Å². The second kappa shape index (κ2) is 5.81. The van der Waals surface area contributed by atoms with E-state index in [1.54, 1.807) is 5.56 Å². The Bertz CT molecular complexity index is 805. The van der Waals surface area contributed by atoms with Crippen molar-refractivity contribution >= 4 is 17.4 Å². The maximum Gasteiger partial charge on any atom is 0.0547 e. The van der Waals surface area contributed by atoms with E-state index in [-0.39, 0.29) is 10.8 Å². The van der Waals surface area contributed by atoms with Gasteiger partial charge in [-0.3, -0.25) is 0 Å². The van der Waals surface area contributed by atoms with Gasteiger partial charge in [-0.1, -0.05) is 64.1 Å². The quantitative estimate of drug-likeness (QED) is 0.613. The van der Waals surface area contributed by atoms with E-state index in [1.807, 2.05) is 0 Å². The van der Waals surface area contributed by atoms with Gasteiger partial charge in [0.05, 0.1) is 6.04 Å². The summed E-state index contributed by atoms with van der Waals surface area (Å²) in [5.74, 6) is 2.38. The molecule has 0 amide bonds. The molecule has 0 aliphatic carbocycles. The van der Waals surface area contributed by atoms with Crippen LogP contribution in [0.5, 0.6) is 0 Å². The highest BCUT2D eigenvalue weighted by molar-refractivity contribution is 7.98. The number of nitrogens with zero attached hydrogens (tertiary/aromatic N) is 1. The molecule has 1 atom stereocenters. The minimum atomic E-state index is 0.203. The molecule has 25 heavy (non-hydrogen) atoms. The second-order valence-corrected chi connectivity index (χ2v) is 10.0. The molecule has 4 rings (SSSR count). The third kappa shape index (κ3) is 2.79. The first kappa shape index (κ1) is 17.0. The highest BCUT2D eigenvalue weighted by Gasteiger charge is 2.37. The van der Waals surface area contributed by atoms with Crippen LogP contribution in [0.1, 0.15) is 62.4 Å². The molecule has 2 heterocycles. The van der Waals surface area contributed by atoms with Gasteiger partial charge < -0.3 is 4.90 Å². The minimum Gasteiger partial charge on any atom is -0.367 e. The van der Waals surface area contributed by atoms with Crippen molar-refractivity contribution < 1.29 is 0 Å². The largest absolute Gasteiger partial charge is 0.367 e. The molecular formula is C23H29NS. The molecule has 0 aromatic heterocycles. The molecule has 2 aliphatic heterocycles. The van der Waals surface area contributed by atoms with Crippen molar-refractivity contribution in [1.82, 2.24) is 0 Å². The fraction of sp³-hybridized carbons (Fsp3) is 0.478. The van der Waals surface area contributed by atoms with Crippen LogP contribution < -0.4 is 4.90 Å². The maximum absolute atomic E-state index is 2.51. The molecule has 0 bridgehead atoms. The summed E-state index contributed by atoms with van der Waals surface area (Å²) in [4.78, 5) is 2.49. The van der Waals surface area contributed by atoms with Crippen molar-refractivity contribution in [2.45, 2.75) is 56.7 Å². The van der Waals surface area contributed by atoms with Crippen molar-refractivity contribution in [3.05, 3.63) is 64.7 Å². The second-order valence-electron chi connectivity index (χ2n) is 9.03. The van der Waals surface area contributed by atoms with Crippen LogP contribution in [-0.2, 0) is 16.6 Å². The highest BCUT2D eigenvalue weighted by atomic mass is 32.2. The molecule has 0 N–H and O–H groups in total. The Morgan fingerprint density at radius 2 is 1.72 bits per heavy atom.